The molecule has 0 aliphatic carbocycles. The van der Waals surface area contributed by atoms with Gasteiger partial charge in [-0.05, 0) is 30.7 Å². The summed E-state index contributed by atoms with van der Waals surface area (Å²) >= 11 is 0. The zero-order valence-electron chi connectivity index (χ0n) is 12.2. The van der Waals surface area contributed by atoms with E-state index in [0.29, 0.717) is 11.3 Å². The van der Waals surface area contributed by atoms with Crippen molar-refractivity contribution in [3.63, 3.8) is 0 Å². The van der Waals surface area contributed by atoms with Crippen LogP contribution < -0.4 is 10.1 Å². The number of aryl methyl sites for hydroxylation is 1. The van der Waals surface area contributed by atoms with E-state index in [2.05, 4.69) is 15.3 Å². The number of benzene rings is 1. The second-order valence-electron chi connectivity index (χ2n) is 4.57. The zero-order chi connectivity index (χ0) is 16.1. The molecule has 114 valence electrons. The van der Waals surface area contributed by atoms with Crippen LogP contribution in [-0.2, 0) is 6.54 Å². The van der Waals surface area contributed by atoms with Gasteiger partial charge in [-0.25, -0.2) is 14.8 Å². The predicted octanol–water partition coefficient (Wildman–Crippen LogP) is 1.42. The van der Waals surface area contributed by atoms with Gasteiger partial charge in [0.05, 0.1) is 7.11 Å². The van der Waals surface area contributed by atoms with Crippen LogP contribution in [0.25, 0.3) is 0 Å². The number of rotatable bonds is 5. The van der Waals surface area contributed by atoms with Gasteiger partial charge in [0.15, 0.2) is 0 Å². The lowest BCUT2D eigenvalue weighted by atomic mass is 10.1. The molecule has 0 radical (unpaired) electrons. The van der Waals surface area contributed by atoms with Gasteiger partial charge in [-0.3, -0.25) is 4.79 Å². The Bertz CT molecular complexity index is 716. The van der Waals surface area contributed by atoms with E-state index in [4.69, 9.17) is 9.84 Å². The third kappa shape index (κ3) is 3.57. The first-order valence-electron chi connectivity index (χ1n) is 6.48. The molecule has 7 nitrogen and oxygen atoms in total. The molecule has 1 aromatic carbocycles. The quantitative estimate of drug-likeness (QED) is 0.866. The number of carboxylic acid groups (broad SMARTS) is 1. The molecule has 0 unspecified atom stereocenters. The van der Waals surface area contributed by atoms with Crippen LogP contribution in [-0.4, -0.2) is 34.1 Å². The second kappa shape index (κ2) is 6.66. The summed E-state index contributed by atoms with van der Waals surface area (Å²) in [7, 11) is 1.40. The largest absolute Gasteiger partial charge is 0.496 e. The van der Waals surface area contributed by atoms with E-state index in [1.165, 1.54) is 19.5 Å². The van der Waals surface area contributed by atoms with Crippen molar-refractivity contribution in [1.82, 2.24) is 15.3 Å². The van der Waals surface area contributed by atoms with Gasteiger partial charge in [-0.15, -0.1) is 0 Å². The van der Waals surface area contributed by atoms with E-state index in [0.717, 1.165) is 0 Å². The van der Waals surface area contributed by atoms with Gasteiger partial charge in [-0.2, -0.15) is 0 Å². The van der Waals surface area contributed by atoms with E-state index >= 15 is 0 Å². The van der Waals surface area contributed by atoms with Gasteiger partial charge >= 0.3 is 5.97 Å². The molecule has 0 spiro atoms. The highest BCUT2D eigenvalue weighted by molar-refractivity contribution is 5.92. The van der Waals surface area contributed by atoms with Crippen molar-refractivity contribution in [2.75, 3.05) is 7.11 Å². The van der Waals surface area contributed by atoms with E-state index in [1.807, 2.05) is 0 Å². The van der Waals surface area contributed by atoms with Crippen molar-refractivity contribution < 1.29 is 19.4 Å². The van der Waals surface area contributed by atoms with Crippen molar-refractivity contribution in [1.29, 1.82) is 0 Å². The molecule has 7 heteroatoms. The van der Waals surface area contributed by atoms with Gasteiger partial charge < -0.3 is 15.2 Å². The van der Waals surface area contributed by atoms with E-state index in [9.17, 15) is 9.59 Å². The minimum atomic E-state index is -1.09. The van der Waals surface area contributed by atoms with Crippen molar-refractivity contribution in [2.45, 2.75) is 13.5 Å². The highest BCUT2D eigenvalue weighted by Crippen LogP contribution is 2.19. The van der Waals surface area contributed by atoms with E-state index < -0.39 is 5.97 Å². The number of nitrogens with one attached hydrogen (secondary N) is 1. The lowest BCUT2D eigenvalue weighted by Gasteiger charge is -2.09. The molecular weight excluding hydrogens is 286 g/mol. The number of hydrogen-bond acceptors (Lipinski definition) is 5. The summed E-state index contributed by atoms with van der Waals surface area (Å²) in [5.74, 6) is -1.16. The fraction of sp³-hybridized carbons (Fsp3) is 0.200. The molecule has 2 aromatic rings. The number of nitrogens with zero attached hydrogens (tertiary/aromatic N) is 2. The standard InChI is InChI=1S/C15H15N3O4/c1-9-5-12(18-8-17-9)14(19)16-7-10-3-4-13(22-2)11(6-10)15(20)21/h3-6,8H,7H2,1-2H3,(H,16,19)(H,20,21). The SMILES string of the molecule is COc1ccc(CNC(=O)c2cc(C)ncn2)cc1C(=O)O. The number of methoxy groups -OCH3 is 1. The Hall–Kier alpha value is -2.96. The van der Waals surface area contributed by atoms with Gasteiger partial charge in [-0.1, -0.05) is 6.07 Å². The van der Waals surface area contributed by atoms with Gasteiger partial charge in [0.25, 0.3) is 5.91 Å². The molecule has 0 aliphatic rings. The van der Waals surface area contributed by atoms with Crippen LogP contribution in [0.15, 0.2) is 30.6 Å². The molecule has 1 heterocycles. The lowest BCUT2D eigenvalue weighted by Crippen LogP contribution is -2.24. The smallest absolute Gasteiger partial charge is 0.339 e. The Morgan fingerprint density at radius 2 is 2.05 bits per heavy atom. The van der Waals surface area contributed by atoms with Crippen molar-refractivity contribution >= 4 is 11.9 Å². The molecule has 0 saturated carbocycles. The third-order valence-corrected chi connectivity index (χ3v) is 2.98. The maximum Gasteiger partial charge on any atom is 0.339 e. The maximum atomic E-state index is 12.0. The predicted molar refractivity (Wildman–Crippen MR) is 77.9 cm³/mol. The number of amides is 1. The minimum Gasteiger partial charge on any atom is -0.496 e. The second-order valence-corrected chi connectivity index (χ2v) is 4.57. The van der Waals surface area contributed by atoms with Gasteiger partial charge in [0.2, 0.25) is 0 Å². The number of aromatic nitrogens is 2. The number of carbonyl (C=O) groups excluding carboxylic acids is 1. The summed E-state index contributed by atoms with van der Waals surface area (Å²) in [4.78, 5) is 30.9. The summed E-state index contributed by atoms with van der Waals surface area (Å²) in [6, 6.07) is 6.29. The van der Waals surface area contributed by atoms with Crippen LogP contribution in [0.4, 0.5) is 0 Å². The monoisotopic (exact) mass is 301 g/mol. The first-order chi connectivity index (χ1) is 10.5. The lowest BCUT2D eigenvalue weighted by molar-refractivity contribution is 0.0693. The number of carbonyl (C=O) groups is 2. The normalized spacial score (nSPS) is 10.1. The summed E-state index contributed by atoms with van der Waals surface area (Å²) in [6.45, 7) is 1.95. The Kier molecular flexibility index (Phi) is 4.67. The van der Waals surface area contributed by atoms with Crippen LogP contribution >= 0.6 is 0 Å². The number of hydrogen-bond donors (Lipinski definition) is 2. The van der Waals surface area contributed by atoms with Crippen LogP contribution in [0.2, 0.25) is 0 Å². The van der Waals surface area contributed by atoms with Crippen LogP contribution in [0.1, 0.15) is 32.1 Å². The van der Waals surface area contributed by atoms with Crippen LogP contribution in [0.3, 0.4) is 0 Å². The molecule has 0 bridgehead atoms. The molecule has 2 N–H and O–H groups in total. The summed E-state index contributed by atoms with van der Waals surface area (Å²) in [5.41, 5.74) is 1.65. The van der Waals surface area contributed by atoms with Crippen molar-refractivity contribution in [2.24, 2.45) is 0 Å². The number of ether oxygens (including phenoxy) is 1. The Labute approximate surface area is 127 Å². The van der Waals surface area contributed by atoms with E-state index in [1.54, 1.807) is 25.1 Å². The fourth-order valence-electron chi connectivity index (χ4n) is 1.88. The summed E-state index contributed by atoms with van der Waals surface area (Å²) in [6.07, 6.45) is 1.32. The molecule has 0 saturated heterocycles. The Balaban J connectivity index is 2.10. The first kappa shape index (κ1) is 15.4. The highest BCUT2D eigenvalue weighted by Gasteiger charge is 2.12. The molecule has 22 heavy (non-hydrogen) atoms. The maximum absolute atomic E-state index is 12.0. The molecule has 0 fully saturated rings. The highest BCUT2D eigenvalue weighted by atomic mass is 16.5. The van der Waals surface area contributed by atoms with Crippen molar-refractivity contribution in [3.8, 4) is 5.75 Å². The Morgan fingerprint density at radius 3 is 2.68 bits per heavy atom. The molecular formula is C15H15N3O4. The molecule has 0 atom stereocenters. The molecule has 0 aliphatic heterocycles. The average molecular weight is 301 g/mol. The molecule has 1 aromatic heterocycles. The topological polar surface area (TPSA) is 101 Å². The van der Waals surface area contributed by atoms with Gasteiger partial charge in [0.1, 0.15) is 23.3 Å². The van der Waals surface area contributed by atoms with Gasteiger partial charge in [0, 0.05) is 12.2 Å². The minimum absolute atomic E-state index is 0.0483. The Morgan fingerprint density at radius 1 is 1.27 bits per heavy atom. The summed E-state index contributed by atoms with van der Waals surface area (Å²) in [5, 5.41) is 11.8. The van der Waals surface area contributed by atoms with E-state index in [-0.39, 0.29) is 29.5 Å². The zero-order valence-corrected chi connectivity index (χ0v) is 12.2. The average Bonchev–Trinajstić information content (AvgIpc) is 2.52. The first-order valence-corrected chi connectivity index (χ1v) is 6.48. The molecule has 1 amide bonds. The fourth-order valence-corrected chi connectivity index (χ4v) is 1.88. The molecule has 2 rings (SSSR count). The van der Waals surface area contributed by atoms with Crippen molar-refractivity contribution in [3.05, 3.63) is 53.1 Å². The summed E-state index contributed by atoms with van der Waals surface area (Å²) < 4.78 is 4.98. The van der Waals surface area contributed by atoms with Crippen LogP contribution in [0, 0.1) is 6.92 Å². The number of carboxylic acids is 1. The third-order valence-electron chi connectivity index (χ3n) is 2.98. The number of aromatic carboxylic acids is 1. The van der Waals surface area contributed by atoms with Crippen LogP contribution in [0.5, 0.6) is 5.75 Å².